The van der Waals surface area contributed by atoms with Crippen molar-refractivity contribution in [2.45, 2.75) is 6.54 Å². The summed E-state index contributed by atoms with van der Waals surface area (Å²) in [5.74, 6) is 0.892. The molecule has 2 aromatic carbocycles. The highest BCUT2D eigenvalue weighted by Gasteiger charge is 2.02. The topological polar surface area (TPSA) is 14.2 Å². The molecule has 2 nitrogen and oxygen atoms in total. The van der Waals surface area contributed by atoms with Gasteiger partial charge in [-0.3, -0.25) is 0 Å². The first kappa shape index (κ1) is 12.3. The highest BCUT2D eigenvalue weighted by molar-refractivity contribution is 9.10. The van der Waals surface area contributed by atoms with E-state index in [-0.39, 0.29) is 0 Å². The predicted octanol–water partition coefficient (Wildman–Crippen LogP) is 4.46. The van der Waals surface area contributed by atoms with E-state index >= 15 is 0 Å². The van der Waals surface area contributed by atoms with Gasteiger partial charge in [0.15, 0.2) is 0 Å². The highest BCUT2D eigenvalue weighted by Crippen LogP contribution is 2.22. The summed E-state index contributed by atoms with van der Waals surface area (Å²) >= 11 is 3.53. The fourth-order valence-electron chi connectivity index (χ4n) is 2.22. The molecule has 1 aromatic heterocycles. The van der Waals surface area contributed by atoms with Crippen molar-refractivity contribution in [2.24, 2.45) is 0 Å². The van der Waals surface area contributed by atoms with E-state index in [0.29, 0.717) is 0 Å². The molecule has 0 aliphatic heterocycles. The Morgan fingerprint density at radius 2 is 1.84 bits per heavy atom. The van der Waals surface area contributed by atoms with Crippen LogP contribution in [0.5, 0.6) is 5.75 Å². The van der Waals surface area contributed by atoms with Gasteiger partial charge in [-0.1, -0.05) is 34.1 Å². The molecule has 0 amide bonds. The summed E-state index contributed by atoms with van der Waals surface area (Å²) < 4.78 is 8.54. The van der Waals surface area contributed by atoms with Crippen LogP contribution in [0.1, 0.15) is 5.56 Å². The SMILES string of the molecule is COc1ccc(Cn2ccc3ccc(Br)cc32)cc1. The number of methoxy groups -OCH3 is 1. The lowest BCUT2D eigenvalue weighted by Crippen LogP contribution is -1.97. The molecule has 0 N–H and O–H groups in total. The second-order valence-corrected chi connectivity index (χ2v) is 5.41. The van der Waals surface area contributed by atoms with E-state index in [4.69, 9.17) is 4.74 Å². The van der Waals surface area contributed by atoms with E-state index < -0.39 is 0 Å². The third-order valence-electron chi connectivity index (χ3n) is 3.25. The molecule has 0 atom stereocenters. The van der Waals surface area contributed by atoms with Crippen LogP contribution >= 0.6 is 15.9 Å². The molecule has 1 heterocycles. The average molecular weight is 316 g/mol. The fraction of sp³-hybridized carbons (Fsp3) is 0.125. The largest absolute Gasteiger partial charge is 0.497 e. The molecule has 0 unspecified atom stereocenters. The van der Waals surface area contributed by atoms with Gasteiger partial charge in [-0.2, -0.15) is 0 Å². The van der Waals surface area contributed by atoms with Crippen LogP contribution in [0, 0.1) is 0 Å². The van der Waals surface area contributed by atoms with Crippen molar-refractivity contribution in [1.29, 1.82) is 0 Å². The van der Waals surface area contributed by atoms with Gasteiger partial charge in [0, 0.05) is 22.7 Å². The van der Waals surface area contributed by atoms with Gasteiger partial charge in [0.05, 0.1) is 7.11 Å². The first-order chi connectivity index (χ1) is 9.26. The molecule has 0 fully saturated rings. The molecule has 3 aromatic rings. The van der Waals surface area contributed by atoms with Crippen molar-refractivity contribution in [2.75, 3.05) is 7.11 Å². The summed E-state index contributed by atoms with van der Waals surface area (Å²) in [5, 5.41) is 1.26. The first-order valence-electron chi connectivity index (χ1n) is 6.13. The van der Waals surface area contributed by atoms with Crippen molar-refractivity contribution in [3.05, 3.63) is 64.8 Å². The Hall–Kier alpha value is -1.74. The number of ether oxygens (including phenoxy) is 1. The van der Waals surface area contributed by atoms with E-state index in [2.05, 4.69) is 63.1 Å². The molecular formula is C16H14BrNO. The van der Waals surface area contributed by atoms with Crippen LogP contribution in [-0.2, 0) is 6.54 Å². The second-order valence-electron chi connectivity index (χ2n) is 4.49. The molecule has 0 aliphatic rings. The normalized spacial score (nSPS) is 10.8. The Bertz CT molecular complexity index is 700. The number of benzene rings is 2. The van der Waals surface area contributed by atoms with Crippen LogP contribution in [-0.4, -0.2) is 11.7 Å². The third-order valence-corrected chi connectivity index (χ3v) is 3.74. The Kier molecular flexibility index (Phi) is 3.30. The Labute approximate surface area is 120 Å². The zero-order valence-corrected chi connectivity index (χ0v) is 12.2. The van der Waals surface area contributed by atoms with Crippen LogP contribution in [0.4, 0.5) is 0 Å². The highest BCUT2D eigenvalue weighted by atomic mass is 79.9. The summed E-state index contributed by atoms with van der Waals surface area (Å²) in [5.41, 5.74) is 2.50. The Morgan fingerprint density at radius 3 is 2.58 bits per heavy atom. The maximum Gasteiger partial charge on any atom is 0.118 e. The van der Waals surface area contributed by atoms with Crippen LogP contribution in [0.2, 0.25) is 0 Å². The molecule has 0 aliphatic carbocycles. The van der Waals surface area contributed by atoms with Crippen LogP contribution in [0.25, 0.3) is 10.9 Å². The monoisotopic (exact) mass is 315 g/mol. The molecule has 0 spiro atoms. The predicted molar refractivity (Wildman–Crippen MR) is 81.7 cm³/mol. The van der Waals surface area contributed by atoms with E-state index in [1.54, 1.807) is 7.11 Å². The Morgan fingerprint density at radius 1 is 1.05 bits per heavy atom. The van der Waals surface area contributed by atoms with E-state index in [0.717, 1.165) is 16.8 Å². The number of fused-ring (bicyclic) bond motifs is 1. The summed E-state index contributed by atoms with van der Waals surface area (Å²) in [7, 11) is 1.69. The van der Waals surface area contributed by atoms with Gasteiger partial charge in [0.25, 0.3) is 0 Å². The van der Waals surface area contributed by atoms with Gasteiger partial charge in [-0.25, -0.2) is 0 Å². The lowest BCUT2D eigenvalue weighted by Gasteiger charge is -2.07. The lowest BCUT2D eigenvalue weighted by molar-refractivity contribution is 0.414. The van der Waals surface area contributed by atoms with Crippen LogP contribution in [0.15, 0.2) is 59.2 Å². The minimum absolute atomic E-state index is 0.865. The number of hydrogen-bond acceptors (Lipinski definition) is 1. The summed E-state index contributed by atoms with van der Waals surface area (Å²) in [6.45, 7) is 0.865. The molecule has 3 heteroatoms. The number of rotatable bonds is 3. The summed E-state index contributed by atoms with van der Waals surface area (Å²) in [6, 6.07) is 16.7. The minimum atomic E-state index is 0.865. The quantitative estimate of drug-likeness (QED) is 0.696. The van der Waals surface area contributed by atoms with Crippen LogP contribution in [0.3, 0.4) is 0 Å². The van der Waals surface area contributed by atoms with Crippen LogP contribution < -0.4 is 4.74 Å². The molecule has 3 rings (SSSR count). The Balaban J connectivity index is 1.93. The maximum absolute atomic E-state index is 5.18. The summed E-state index contributed by atoms with van der Waals surface area (Å²) in [6.07, 6.45) is 2.13. The first-order valence-corrected chi connectivity index (χ1v) is 6.93. The average Bonchev–Trinajstić information content (AvgIpc) is 2.82. The second kappa shape index (κ2) is 5.10. The van der Waals surface area contributed by atoms with Crippen molar-refractivity contribution < 1.29 is 4.74 Å². The zero-order chi connectivity index (χ0) is 13.2. The van der Waals surface area contributed by atoms with Gasteiger partial charge in [0.2, 0.25) is 0 Å². The molecule has 0 saturated carbocycles. The number of hydrogen-bond donors (Lipinski definition) is 0. The van der Waals surface area contributed by atoms with E-state index in [1.165, 1.54) is 16.5 Å². The van der Waals surface area contributed by atoms with Crippen molar-refractivity contribution in [3.8, 4) is 5.75 Å². The molecular weight excluding hydrogens is 302 g/mol. The third kappa shape index (κ3) is 2.51. The van der Waals surface area contributed by atoms with E-state index in [9.17, 15) is 0 Å². The number of nitrogens with zero attached hydrogens (tertiary/aromatic N) is 1. The van der Waals surface area contributed by atoms with Crippen molar-refractivity contribution >= 4 is 26.8 Å². The minimum Gasteiger partial charge on any atom is -0.497 e. The molecule has 0 bridgehead atoms. The standard InChI is InChI=1S/C16H14BrNO/c1-19-15-6-2-12(3-7-15)11-18-9-8-13-4-5-14(17)10-16(13)18/h2-10H,11H2,1H3. The lowest BCUT2D eigenvalue weighted by atomic mass is 10.2. The van der Waals surface area contributed by atoms with Gasteiger partial charge in [-0.15, -0.1) is 0 Å². The fourth-order valence-corrected chi connectivity index (χ4v) is 2.57. The van der Waals surface area contributed by atoms with Gasteiger partial charge < -0.3 is 9.30 Å². The molecule has 19 heavy (non-hydrogen) atoms. The molecule has 96 valence electrons. The van der Waals surface area contributed by atoms with E-state index in [1.807, 2.05) is 12.1 Å². The number of aromatic nitrogens is 1. The maximum atomic E-state index is 5.18. The van der Waals surface area contributed by atoms with Crippen molar-refractivity contribution in [1.82, 2.24) is 4.57 Å². The van der Waals surface area contributed by atoms with Gasteiger partial charge >= 0.3 is 0 Å². The summed E-state index contributed by atoms with van der Waals surface area (Å²) in [4.78, 5) is 0. The molecule has 0 saturated heterocycles. The smallest absolute Gasteiger partial charge is 0.118 e. The zero-order valence-electron chi connectivity index (χ0n) is 10.6. The van der Waals surface area contributed by atoms with Gasteiger partial charge in [-0.05, 0) is 41.3 Å². The van der Waals surface area contributed by atoms with Crippen molar-refractivity contribution in [3.63, 3.8) is 0 Å². The molecule has 0 radical (unpaired) electrons. The number of halogens is 1. The van der Waals surface area contributed by atoms with Gasteiger partial charge in [0.1, 0.15) is 5.75 Å².